The maximum Gasteiger partial charge on any atom is 0.306 e. The number of aromatic hydroxyl groups is 1. The summed E-state index contributed by atoms with van der Waals surface area (Å²) in [7, 11) is 0. The zero-order chi connectivity index (χ0) is 28.1. The summed E-state index contributed by atoms with van der Waals surface area (Å²) in [6.45, 7) is 3.88. The average molecular weight is 530 g/mol. The van der Waals surface area contributed by atoms with Crippen LogP contribution in [0.1, 0.15) is 66.9 Å². The molecule has 1 aromatic rings. The van der Waals surface area contributed by atoms with Crippen molar-refractivity contribution in [1.29, 1.82) is 0 Å². The molecule has 0 saturated heterocycles. The Morgan fingerprint density at radius 2 is 1.84 bits per heavy atom. The molecule has 2 fully saturated rings. The van der Waals surface area contributed by atoms with Crippen molar-refractivity contribution in [2.75, 3.05) is 6.61 Å². The number of ketones is 4. The van der Waals surface area contributed by atoms with Crippen molar-refractivity contribution < 1.29 is 48.8 Å². The molecule has 7 atom stereocenters. The van der Waals surface area contributed by atoms with Gasteiger partial charge in [-0.2, -0.15) is 0 Å². The lowest BCUT2D eigenvalue weighted by atomic mass is 9.50. The number of phenols is 1. The average Bonchev–Trinajstić information content (AvgIpc) is 2.85. The monoisotopic (exact) mass is 529 g/mol. The summed E-state index contributed by atoms with van der Waals surface area (Å²) in [5.41, 5.74) is 2.90. The molecule has 4 rings (SSSR count). The van der Waals surface area contributed by atoms with E-state index < -0.39 is 88.5 Å². The first-order valence-electron chi connectivity index (χ1n) is 12.7. The number of esters is 1. The predicted octanol–water partition coefficient (Wildman–Crippen LogP) is 0.135. The van der Waals surface area contributed by atoms with Crippen LogP contribution in [-0.4, -0.2) is 68.6 Å². The number of benzene rings is 1. The Balaban J connectivity index is 1.74. The van der Waals surface area contributed by atoms with Crippen molar-refractivity contribution in [1.82, 2.24) is 0 Å². The number of hydrogen-bond acceptors (Lipinski definition) is 10. The Morgan fingerprint density at radius 1 is 1.16 bits per heavy atom. The van der Waals surface area contributed by atoms with Gasteiger partial charge in [-0.25, -0.2) is 0 Å². The maximum absolute atomic E-state index is 13.7. The van der Waals surface area contributed by atoms with Gasteiger partial charge in [-0.15, -0.1) is 0 Å². The number of ether oxygens (including phenoxy) is 1. The van der Waals surface area contributed by atoms with E-state index in [-0.39, 0.29) is 25.0 Å². The standard InChI is InChI=1S/C27H31NO10/c1-3-4-9-38-16(31)8-6-12-5-7-14(29)19-17(12)11(2)18-21(23(19)33)25(35)27(37)13(22(18)32)10-15(30)20(24(27)34)26(28)36/h5,7,11,13,18,20-22,29,32,37H,3-4,6,8-10H2,1-2H3,(H2,28,36)/t11-,13+,18+,20?,21?,22+,27+/m0/s1. The number of Topliss-reactive ketones (excluding diaryl/α,β-unsaturated/α-hetero) is 4. The number of phenolic OH excluding ortho intramolecular Hbond substituents is 1. The minimum Gasteiger partial charge on any atom is -0.507 e. The van der Waals surface area contributed by atoms with Gasteiger partial charge in [0.05, 0.1) is 24.2 Å². The molecule has 0 spiro atoms. The molecule has 2 saturated carbocycles. The van der Waals surface area contributed by atoms with Gasteiger partial charge in [0.25, 0.3) is 0 Å². The van der Waals surface area contributed by atoms with E-state index in [1.165, 1.54) is 6.07 Å². The zero-order valence-electron chi connectivity index (χ0n) is 21.1. The Hall–Kier alpha value is -3.44. The molecular formula is C27H31NO10. The van der Waals surface area contributed by atoms with Gasteiger partial charge in [0.15, 0.2) is 34.7 Å². The molecule has 38 heavy (non-hydrogen) atoms. The first kappa shape index (κ1) is 27.6. The summed E-state index contributed by atoms with van der Waals surface area (Å²) >= 11 is 0. The Morgan fingerprint density at radius 3 is 2.47 bits per heavy atom. The number of aryl methyl sites for hydroxylation is 1. The molecule has 0 aromatic heterocycles. The van der Waals surface area contributed by atoms with Gasteiger partial charge in [-0.3, -0.25) is 28.8 Å². The fourth-order valence-corrected chi connectivity index (χ4v) is 6.38. The Labute approximate surface area is 218 Å². The minimum absolute atomic E-state index is 0.00267. The van der Waals surface area contributed by atoms with E-state index >= 15 is 0 Å². The van der Waals surface area contributed by atoms with Crippen molar-refractivity contribution >= 4 is 35.0 Å². The number of aliphatic hydroxyl groups is 2. The highest BCUT2D eigenvalue weighted by Gasteiger charge is 2.70. The summed E-state index contributed by atoms with van der Waals surface area (Å²) in [4.78, 5) is 76.9. The molecular weight excluding hydrogens is 498 g/mol. The molecule has 3 aliphatic carbocycles. The molecule has 1 aromatic carbocycles. The van der Waals surface area contributed by atoms with E-state index in [0.29, 0.717) is 11.1 Å². The maximum atomic E-state index is 13.7. The first-order chi connectivity index (χ1) is 17.9. The van der Waals surface area contributed by atoms with Crippen LogP contribution in [0, 0.1) is 23.7 Å². The highest BCUT2D eigenvalue weighted by molar-refractivity contribution is 6.31. The van der Waals surface area contributed by atoms with Crippen LogP contribution >= 0.6 is 0 Å². The number of carbonyl (C=O) groups excluding carboxylic acids is 6. The predicted molar refractivity (Wildman–Crippen MR) is 129 cm³/mol. The third kappa shape index (κ3) is 4.04. The third-order valence-corrected chi connectivity index (χ3v) is 8.29. The van der Waals surface area contributed by atoms with Crippen LogP contribution in [0.2, 0.25) is 0 Å². The SMILES string of the molecule is CCCCOC(=O)CCc1ccc(O)c2c1[C@H](C)[C@@H]1C(C2=O)C(=O)[C@]2(O)C(=O)C(C(N)=O)C(=O)C[C@@H]2[C@H]1O. The summed E-state index contributed by atoms with van der Waals surface area (Å²) in [6, 6.07) is 2.81. The van der Waals surface area contributed by atoms with Gasteiger partial charge in [0.2, 0.25) is 5.91 Å². The molecule has 3 aliphatic rings. The molecule has 0 radical (unpaired) electrons. The summed E-state index contributed by atoms with van der Waals surface area (Å²) in [5, 5.41) is 33.2. The minimum atomic E-state index is -2.96. The lowest BCUT2D eigenvalue weighted by Gasteiger charge is -2.53. The van der Waals surface area contributed by atoms with E-state index in [2.05, 4.69) is 0 Å². The van der Waals surface area contributed by atoms with E-state index in [1.807, 2.05) is 6.92 Å². The molecule has 0 bridgehead atoms. The number of fused-ring (bicyclic) bond motifs is 3. The summed E-state index contributed by atoms with van der Waals surface area (Å²) in [5.74, 6) is -13.9. The molecule has 5 N–H and O–H groups in total. The zero-order valence-corrected chi connectivity index (χ0v) is 21.1. The number of hydrogen-bond donors (Lipinski definition) is 4. The molecule has 0 heterocycles. The van der Waals surface area contributed by atoms with Crippen LogP contribution in [0.5, 0.6) is 5.75 Å². The lowest BCUT2D eigenvalue weighted by molar-refractivity contribution is -0.189. The van der Waals surface area contributed by atoms with E-state index in [9.17, 15) is 44.1 Å². The molecule has 1 amide bonds. The molecule has 11 nitrogen and oxygen atoms in total. The van der Waals surface area contributed by atoms with Crippen LogP contribution < -0.4 is 5.73 Å². The second-order valence-electron chi connectivity index (χ2n) is 10.4. The second kappa shape index (κ2) is 10.0. The molecule has 2 unspecified atom stereocenters. The number of rotatable bonds is 7. The van der Waals surface area contributed by atoms with Crippen molar-refractivity contribution in [3.8, 4) is 5.75 Å². The fourth-order valence-electron chi connectivity index (χ4n) is 6.38. The van der Waals surface area contributed by atoms with E-state index in [1.54, 1.807) is 13.0 Å². The highest BCUT2D eigenvalue weighted by Crippen LogP contribution is 2.54. The fraction of sp³-hybridized carbons (Fsp3) is 0.556. The summed E-state index contributed by atoms with van der Waals surface area (Å²) < 4.78 is 5.19. The van der Waals surface area contributed by atoms with Gasteiger partial charge in [0.1, 0.15) is 5.75 Å². The van der Waals surface area contributed by atoms with Crippen LogP contribution in [0.3, 0.4) is 0 Å². The van der Waals surface area contributed by atoms with Crippen LogP contribution in [-0.2, 0) is 35.1 Å². The van der Waals surface area contributed by atoms with Gasteiger partial charge in [-0.1, -0.05) is 26.3 Å². The van der Waals surface area contributed by atoms with E-state index in [0.717, 1.165) is 12.8 Å². The first-order valence-corrected chi connectivity index (χ1v) is 12.7. The van der Waals surface area contributed by atoms with Crippen molar-refractivity contribution in [3.63, 3.8) is 0 Å². The topological polar surface area (TPSA) is 198 Å². The number of amides is 1. The molecule has 0 aliphatic heterocycles. The highest BCUT2D eigenvalue weighted by atomic mass is 16.5. The third-order valence-electron chi connectivity index (χ3n) is 8.29. The normalized spacial score (nSPS) is 32.3. The smallest absolute Gasteiger partial charge is 0.306 e. The lowest BCUT2D eigenvalue weighted by Crippen LogP contribution is -2.72. The number of nitrogens with two attached hydrogens (primary N) is 1. The Bertz CT molecular complexity index is 1240. The molecule has 11 heteroatoms. The second-order valence-corrected chi connectivity index (χ2v) is 10.4. The van der Waals surface area contributed by atoms with Crippen LogP contribution in [0.4, 0.5) is 0 Å². The van der Waals surface area contributed by atoms with Crippen molar-refractivity contribution in [3.05, 3.63) is 28.8 Å². The quantitative estimate of drug-likeness (QED) is 0.214. The van der Waals surface area contributed by atoms with Crippen LogP contribution in [0.15, 0.2) is 12.1 Å². The largest absolute Gasteiger partial charge is 0.507 e. The van der Waals surface area contributed by atoms with Crippen LogP contribution in [0.25, 0.3) is 0 Å². The number of primary amides is 1. The van der Waals surface area contributed by atoms with Crippen molar-refractivity contribution in [2.24, 2.45) is 29.4 Å². The molecule has 204 valence electrons. The summed E-state index contributed by atoms with van der Waals surface area (Å²) in [6.07, 6.45) is -0.561. The van der Waals surface area contributed by atoms with Gasteiger partial charge < -0.3 is 25.8 Å². The van der Waals surface area contributed by atoms with Gasteiger partial charge in [-0.05, 0) is 36.0 Å². The van der Waals surface area contributed by atoms with Gasteiger partial charge in [0, 0.05) is 24.7 Å². The number of unbranched alkanes of at least 4 members (excludes halogenated alkanes) is 1. The van der Waals surface area contributed by atoms with E-state index in [4.69, 9.17) is 10.5 Å². The van der Waals surface area contributed by atoms with Gasteiger partial charge >= 0.3 is 5.97 Å². The Kier molecular flexibility index (Phi) is 7.28. The number of aliphatic hydroxyl groups excluding tert-OH is 1. The van der Waals surface area contributed by atoms with Crippen molar-refractivity contribution in [2.45, 2.75) is 63.6 Å². The number of carbonyl (C=O) groups is 6.